The van der Waals surface area contributed by atoms with Crippen LogP contribution in [0, 0.1) is 27.9 Å². The number of halogens is 4. The molecule has 0 aliphatic rings. The number of sulfonamides is 1. The van der Waals surface area contributed by atoms with Gasteiger partial charge in [0.05, 0.1) is 29.1 Å². The highest BCUT2D eigenvalue weighted by Crippen LogP contribution is 2.30. The van der Waals surface area contributed by atoms with Crippen molar-refractivity contribution in [1.29, 1.82) is 0 Å². The van der Waals surface area contributed by atoms with Crippen LogP contribution in [0.15, 0.2) is 58.5 Å². The Balaban J connectivity index is 1.91. The highest BCUT2D eigenvalue weighted by Gasteiger charge is 2.20. The monoisotopic (exact) mass is 589 g/mol. The summed E-state index contributed by atoms with van der Waals surface area (Å²) < 4.78 is 74.1. The Morgan fingerprint density at radius 2 is 1.76 bits per heavy atom. The minimum Gasteiger partial charge on any atom is -0.380 e. The van der Waals surface area contributed by atoms with Crippen LogP contribution >= 0.6 is 22.6 Å². The lowest BCUT2D eigenvalue weighted by molar-refractivity contribution is 0.185. The van der Waals surface area contributed by atoms with Crippen molar-refractivity contribution in [3.05, 3.63) is 86.2 Å². The number of benzene rings is 3. The van der Waals surface area contributed by atoms with Gasteiger partial charge in [0.2, 0.25) is 0 Å². The van der Waals surface area contributed by atoms with Crippen molar-refractivity contribution in [2.75, 3.05) is 12.4 Å². The average Bonchev–Trinajstić information content (AvgIpc) is 2.76. The van der Waals surface area contributed by atoms with E-state index in [9.17, 15) is 21.6 Å². The van der Waals surface area contributed by atoms with E-state index in [2.05, 4.69) is 10.4 Å². The van der Waals surface area contributed by atoms with Gasteiger partial charge >= 0.3 is 0 Å². The third-order valence-corrected chi connectivity index (χ3v) is 6.42. The van der Waals surface area contributed by atoms with E-state index in [1.54, 1.807) is 18.2 Å². The number of ether oxygens (including phenoxy) is 1. The highest BCUT2D eigenvalue weighted by molar-refractivity contribution is 14.1. The molecule has 0 saturated heterocycles. The molecule has 0 heterocycles. The normalized spacial score (nSPS) is 11.7. The first-order chi connectivity index (χ1) is 15.6. The minimum atomic E-state index is -3.99. The first-order valence-corrected chi connectivity index (χ1v) is 12.0. The summed E-state index contributed by atoms with van der Waals surface area (Å²) >= 11 is 1.93. The Morgan fingerprint density at radius 3 is 2.39 bits per heavy atom. The molecule has 3 aromatic carbocycles. The van der Waals surface area contributed by atoms with Gasteiger partial charge in [-0.25, -0.2) is 18.0 Å². The summed E-state index contributed by atoms with van der Waals surface area (Å²) in [4.78, 5) is 1.93. The number of anilines is 2. The van der Waals surface area contributed by atoms with Gasteiger partial charge in [-0.2, -0.15) is 13.5 Å². The quantitative estimate of drug-likeness (QED) is 0.215. The molecule has 0 spiro atoms. The molecule has 3 rings (SSSR count). The van der Waals surface area contributed by atoms with Gasteiger partial charge in [-0.1, -0.05) is 17.7 Å². The summed E-state index contributed by atoms with van der Waals surface area (Å²) in [5, 5.41) is 6.13. The summed E-state index contributed by atoms with van der Waals surface area (Å²) in [6.07, 6.45) is 0.846. The van der Waals surface area contributed by atoms with E-state index in [0.717, 1.165) is 11.8 Å². The van der Waals surface area contributed by atoms with Gasteiger partial charge < -0.3 is 10.1 Å². The van der Waals surface area contributed by atoms with Crippen molar-refractivity contribution in [2.45, 2.75) is 18.4 Å². The molecule has 6 nitrogen and oxygen atoms in total. The smallest absolute Gasteiger partial charge is 0.276 e. The SMILES string of the molecule is COCc1cc(/C=N/NS(=O)(=O)c2ccc(C)cc2)c(F)c(F)c1Nc1ccc(I)cc1F. The molecule has 0 amide bonds. The highest BCUT2D eigenvalue weighted by atomic mass is 127. The lowest BCUT2D eigenvalue weighted by Crippen LogP contribution is -2.18. The van der Waals surface area contributed by atoms with Crippen molar-refractivity contribution in [1.82, 2.24) is 4.83 Å². The van der Waals surface area contributed by atoms with E-state index >= 15 is 0 Å². The molecule has 0 bridgehead atoms. The number of nitrogens with zero attached hydrogens (tertiary/aromatic N) is 1. The maximum atomic E-state index is 14.9. The molecule has 2 N–H and O–H groups in total. The van der Waals surface area contributed by atoms with Gasteiger partial charge in [0.15, 0.2) is 11.6 Å². The maximum Gasteiger partial charge on any atom is 0.276 e. The van der Waals surface area contributed by atoms with Crippen LogP contribution in [0.4, 0.5) is 24.5 Å². The molecular formula is C22H19F3IN3O3S. The molecule has 0 aromatic heterocycles. The number of hydrogen-bond donors (Lipinski definition) is 2. The third-order valence-electron chi connectivity index (χ3n) is 4.51. The van der Waals surface area contributed by atoms with Crippen LogP contribution in [0.5, 0.6) is 0 Å². The molecule has 0 aliphatic heterocycles. The van der Waals surface area contributed by atoms with Crippen LogP contribution < -0.4 is 10.1 Å². The average molecular weight is 589 g/mol. The zero-order chi connectivity index (χ0) is 24.2. The Kier molecular flexibility index (Phi) is 7.97. The second-order valence-corrected chi connectivity index (χ2v) is 9.88. The van der Waals surface area contributed by atoms with Crippen LogP contribution in [-0.2, 0) is 21.4 Å². The van der Waals surface area contributed by atoms with Crippen molar-refractivity contribution in [2.24, 2.45) is 5.10 Å². The zero-order valence-electron chi connectivity index (χ0n) is 17.5. The summed E-state index contributed by atoms with van der Waals surface area (Å²) in [5.74, 6) is -3.21. The summed E-state index contributed by atoms with van der Waals surface area (Å²) in [7, 11) is -2.63. The minimum absolute atomic E-state index is 0.0314. The van der Waals surface area contributed by atoms with E-state index in [0.29, 0.717) is 3.57 Å². The Labute approximate surface area is 203 Å². The van der Waals surface area contributed by atoms with E-state index in [-0.39, 0.29) is 34.0 Å². The predicted molar refractivity (Wildman–Crippen MR) is 129 cm³/mol. The van der Waals surface area contributed by atoms with Crippen LogP contribution in [0.3, 0.4) is 0 Å². The summed E-state index contributed by atoms with van der Waals surface area (Å²) in [6, 6.07) is 11.5. The lowest BCUT2D eigenvalue weighted by Gasteiger charge is -2.15. The molecule has 0 radical (unpaired) electrons. The van der Waals surface area contributed by atoms with Crippen LogP contribution in [0.25, 0.3) is 0 Å². The van der Waals surface area contributed by atoms with Gasteiger partial charge in [0, 0.05) is 21.8 Å². The molecule has 0 fully saturated rings. The van der Waals surface area contributed by atoms with E-state index in [1.165, 1.54) is 37.4 Å². The molecule has 0 aliphatic carbocycles. The predicted octanol–water partition coefficient (Wildman–Crippen LogP) is 5.22. The van der Waals surface area contributed by atoms with Crippen molar-refractivity contribution < 1.29 is 26.3 Å². The van der Waals surface area contributed by atoms with Crippen LogP contribution in [0.1, 0.15) is 16.7 Å². The second-order valence-electron chi connectivity index (χ2n) is 6.98. The van der Waals surface area contributed by atoms with Crippen molar-refractivity contribution in [3.63, 3.8) is 0 Å². The number of nitrogens with one attached hydrogen (secondary N) is 2. The first-order valence-electron chi connectivity index (χ1n) is 9.46. The molecule has 33 heavy (non-hydrogen) atoms. The lowest BCUT2D eigenvalue weighted by atomic mass is 10.1. The van der Waals surface area contributed by atoms with Gasteiger partial charge in [-0.05, 0) is 65.9 Å². The molecule has 0 saturated carbocycles. The number of aryl methyl sites for hydroxylation is 1. The second kappa shape index (κ2) is 10.5. The maximum absolute atomic E-state index is 14.9. The fourth-order valence-corrected chi connectivity index (χ4v) is 4.10. The molecule has 174 valence electrons. The zero-order valence-corrected chi connectivity index (χ0v) is 20.5. The van der Waals surface area contributed by atoms with Gasteiger partial charge in [-0.15, -0.1) is 0 Å². The standard InChI is InChI=1S/C22H19F3IN3O3S/c1-13-3-6-17(7-4-13)33(30,31)29-27-11-14-9-15(12-32-2)22(21(25)20(14)24)28-19-8-5-16(26)10-18(19)23/h3-11,28-29H,12H2,1-2H3/b27-11+. The number of rotatable bonds is 8. The summed E-state index contributed by atoms with van der Waals surface area (Å²) in [5.41, 5.74) is 0.390. The van der Waals surface area contributed by atoms with E-state index in [4.69, 9.17) is 4.74 Å². The number of hydrazone groups is 1. The topological polar surface area (TPSA) is 79.8 Å². The van der Waals surface area contributed by atoms with Crippen molar-refractivity contribution in [3.8, 4) is 0 Å². The van der Waals surface area contributed by atoms with Gasteiger partial charge in [0.1, 0.15) is 5.82 Å². The van der Waals surface area contributed by atoms with Crippen LogP contribution in [-0.4, -0.2) is 21.7 Å². The number of hydrogen-bond acceptors (Lipinski definition) is 5. The third kappa shape index (κ3) is 6.03. The Hall–Kier alpha value is -2.64. The molecule has 0 atom stereocenters. The largest absolute Gasteiger partial charge is 0.380 e. The fraction of sp³-hybridized carbons (Fsp3) is 0.136. The number of methoxy groups -OCH3 is 1. The molecular weight excluding hydrogens is 570 g/mol. The Morgan fingerprint density at radius 1 is 1.06 bits per heavy atom. The van der Waals surface area contributed by atoms with Gasteiger partial charge in [-0.3, -0.25) is 0 Å². The molecule has 3 aromatic rings. The molecule has 11 heteroatoms. The van der Waals surface area contributed by atoms with Gasteiger partial charge in [0.25, 0.3) is 10.0 Å². The molecule has 0 unspecified atom stereocenters. The van der Waals surface area contributed by atoms with Crippen LogP contribution in [0.2, 0.25) is 0 Å². The fourth-order valence-electron chi connectivity index (χ4n) is 2.86. The first kappa shape index (κ1) is 25.0. The van der Waals surface area contributed by atoms with E-state index in [1.807, 2.05) is 34.3 Å². The Bertz CT molecular complexity index is 1300. The van der Waals surface area contributed by atoms with Crippen molar-refractivity contribution >= 4 is 50.2 Å². The van der Waals surface area contributed by atoms with E-state index < -0.39 is 27.5 Å². The summed E-state index contributed by atoms with van der Waals surface area (Å²) in [6.45, 7) is 1.68.